The molecule has 5 N–H and O–H groups in total. The Labute approximate surface area is 90.1 Å². The Morgan fingerprint density at radius 3 is 2.81 bits per heavy atom. The molecule has 0 aromatic carbocycles. The van der Waals surface area contributed by atoms with Gasteiger partial charge in [-0.1, -0.05) is 0 Å². The topological polar surface area (TPSA) is 144 Å². The molecule has 2 rings (SSSR count). The third-order valence-electron chi connectivity index (χ3n) is 2.23. The van der Waals surface area contributed by atoms with Crippen molar-refractivity contribution < 1.29 is 33.5 Å². The molecular formula is C6H11N2O7P. The van der Waals surface area contributed by atoms with E-state index in [1.165, 1.54) is 0 Å². The minimum atomic E-state index is -4.58. The van der Waals surface area contributed by atoms with Gasteiger partial charge in [-0.3, -0.25) is 4.52 Å². The lowest BCUT2D eigenvalue weighted by Gasteiger charge is -2.16. The van der Waals surface area contributed by atoms with E-state index in [9.17, 15) is 9.67 Å². The van der Waals surface area contributed by atoms with Gasteiger partial charge in [0.1, 0.15) is 12.2 Å². The lowest BCUT2D eigenvalue weighted by Crippen LogP contribution is -2.35. The molecule has 2 aliphatic rings. The van der Waals surface area contributed by atoms with E-state index in [4.69, 9.17) is 25.0 Å². The van der Waals surface area contributed by atoms with Crippen LogP contribution in [0.5, 0.6) is 0 Å². The maximum absolute atomic E-state index is 10.4. The first kappa shape index (κ1) is 11.8. The number of hydrogen-bond donors (Lipinski definition) is 4. The highest BCUT2D eigenvalue weighted by molar-refractivity contribution is 7.46. The van der Waals surface area contributed by atoms with Gasteiger partial charge in [0.2, 0.25) is 0 Å². The molecule has 0 aromatic rings. The Morgan fingerprint density at radius 2 is 2.25 bits per heavy atom. The highest BCUT2D eigenvalue weighted by atomic mass is 31.2. The van der Waals surface area contributed by atoms with Gasteiger partial charge in [-0.05, 0) is 0 Å². The van der Waals surface area contributed by atoms with Crippen molar-refractivity contribution in [2.24, 2.45) is 10.7 Å². The van der Waals surface area contributed by atoms with Crippen LogP contribution in [0.3, 0.4) is 0 Å². The Hall–Kier alpha value is -0.700. The van der Waals surface area contributed by atoms with Crippen LogP contribution in [0.4, 0.5) is 0 Å². The summed E-state index contributed by atoms with van der Waals surface area (Å²) in [6.45, 7) is -0.447. The first-order valence-electron chi connectivity index (χ1n) is 4.40. The van der Waals surface area contributed by atoms with Crippen LogP contribution in [0.1, 0.15) is 0 Å². The minimum absolute atomic E-state index is 0.0802. The summed E-state index contributed by atoms with van der Waals surface area (Å²) < 4.78 is 24.8. The van der Waals surface area contributed by atoms with Crippen molar-refractivity contribution in [1.29, 1.82) is 0 Å². The quantitative estimate of drug-likeness (QED) is 0.419. The van der Waals surface area contributed by atoms with Gasteiger partial charge >= 0.3 is 7.82 Å². The monoisotopic (exact) mass is 254 g/mol. The molecule has 1 fully saturated rings. The van der Waals surface area contributed by atoms with Crippen molar-refractivity contribution in [3.63, 3.8) is 0 Å². The zero-order chi connectivity index (χ0) is 11.9. The molecule has 0 aromatic heterocycles. The van der Waals surface area contributed by atoms with Crippen LogP contribution in [-0.4, -0.2) is 52.1 Å². The molecule has 0 unspecified atom stereocenters. The van der Waals surface area contributed by atoms with Gasteiger partial charge in [0.15, 0.2) is 12.3 Å². The number of ether oxygens (including phenoxy) is 2. The van der Waals surface area contributed by atoms with E-state index >= 15 is 0 Å². The molecule has 10 heteroatoms. The standard InChI is InChI=1S/C6H11N2O7P/c7-6-8-5-4(15-6)3(9)2(14-5)1-13-16(10,11)12/h2-5,9H,1H2,(H2,7,8)(H2,10,11,12)/t2-,3-,4-,5+/m1/s1. The van der Waals surface area contributed by atoms with Gasteiger partial charge in [0, 0.05) is 0 Å². The predicted molar refractivity (Wildman–Crippen MR) is 49.2 cm³/mol. The molecule has 0 radical (unpaired) electrons. The van der Waals surface area contributed by atoms with Gasteiger partial charge in [-0.25, -0.2) is 4.57 Å². The van der Waals surface area contributed by atoms with Crippen molar-refractivity contribution >= 4 is 13.8 Å². The number of aliphatic hydroxyl groups excluding tert-OH is 1. The fourth-order valence-corrected chi connectivity index (χ4v) is 1.89. The molecule has 92 valence electrons. The summed E-state index contributed by atoms with van der Waals surface area (Å²) in [7, 11) is -4.58. The molecule has 0 saturated carbocycles. The lowest BCUT2D eigenvalue weighted by molar-refractivity contribution is -0.0203. The normalized spacial score (nSPS) is 38.1. The summed E-state index contributed by atoms with van der Waals surface area (Å²) in [6, 6.07) is -0.0802. The van der Waals surface area contributed by atoms with Gasteiger partial charge in [-0.15, -0.1) is 0 Å². The highest BCUT2D eigenvalue weighted by Gasteiger charge is 2.49. The van der Waals surface area contributed by atoms with E-state index in [1.807, 2.05) is 0 Å². The van der Waals surface area contributed by atoms with Crippen molar-refractivity contribution in [2.45, 2.75) is 24.5 Å². The molecule has 2 aliphatic heterocycles. The number of aliphatic hydroxyl groups is 1. The third-order valence-corrected chi connectivity index (χ3v) is 2.72. The summed E-state index contributed by atoms with van der Waals surface area (Å²) in [6.07, 6.45) is -3.49. The summed E-state index contributed by atoms with van der Waals surface area (Å²) in [5.41, 5.74) is 5.26. The van der Waals surface area contributed by atoms with E-state index < -0.39 is 39.0 Å². The molecule has 4 atom stereocenters. The van der Waals surface area contributed by atoms with E-state index in [0.29, 0.717) is 0 Å². The zero-order valence-electron chi connectivity index (χ0n) is 7.96. The number of aliphatic imine (C=N–C) groups is 1. The molecule has 1 saturated heterocycles. The molecule has 16 heavy (non-hydrogen) atoms. The third kappa shape index (κ3) is 2.34. The van der Waals surface area contributed by atoms with Crippen molar-refractivity contribution in [3.8, 4) is 0 Å². The molecule has 0 spiro atoms. The van der Waals surface area contributed by atoms with Crippen LogP contribution in [-0.2, 0) is 18.6 Å². The first-order chi connectivity index (χ1) is 7.37. The second-order valence-electron chi connectivity index (χ2n) is 3.39. The SMILES string of the molecule is NC1=N[C@H]2O[C@H](COP(=O)(O)O)[C@@H](O)[C@H]2O1. The summed E-state index contributed by atoms with van der Waals surface area (Å²) in [5.74, 6) is 0. The van der Waals surface area contributed by atoms with E-state index in [0.717, 1.165) is 0 Å². The van der Waals surface area contributed by atoms with Crippen LogP contribution < -0.4 is 5.73 Å². The average molecular weight is 254 g/mol. The van der Waals surface area contributed by atoms with E-state index in [2.05, 4.69) is 9.52 Å². The Balaban J connectivity index is 1.93. The van der Waals surface area contributed by atoms with E-state index in [-0.39, 0.29) is 6.02 Å². The van der Waals surface area contributed by atoms with Gasteiger partial charge < -0.3 is 30.1 Å². The maximum atomic E-state index is 10.4. The fourth-order valence-electron chi connectivity index (χ4n) is 1.55. The van der Waals surface area contributed by atoms with E-state index in [1.54, 1.807) is 0 Å². The zero-order valence-corrected chi connectivity index (χ0v) is 8.86. The Bertz CT molecular complexity index is 355. The second kappa shape index (κ2) is 3.95. The summed E-state index contributed by atoms with van der Waals surface area (Å²) >= 11 is 0. The van der Waals surface area contributed by atoms with Crippen LogP contribution in [0.15, 0.2) is 4.99 Å². The van der Waals surface area contributed by atoms with Gasteiger partial charge in [0.05, 0.1) is 6.61 Å². The van der Waals surface area contributed by atoms with Crippen LogP contribution in [0.2, 0.25) is 0 Å². The average Bonchev–Trinajstić information content (AvgIpc) is 2.62. The van der Waals surface area contributed by atoms with Crippen molar-refractivity contribution in [1.82, 2.24) is 0 Å². The van der Waals surface area contributed by atoms with Crippen LogP contribution >= 0.6 is 7.82 Å². The lowest BCUT2D eigenvalue weighted by atomic mass is 10.1. The summed E-state index contributed by atoms with van der Waals surface area (Å²) in [5, 5.41) is 9.66. The minimum Gasteiger partial charge on any atom is -0.454 e. The molecule has 9 nitrogen and oxygen atoms in total. The first-order valence-corrected chi connectivity index (χ1v) is 5.93. The largest absolute Gasteiger partial charge is 0.469 e. The van der Waals surface area contributed by atoms with Crippen LogP contribution in [0.25, 0.3) is 0 Å². The number of nitrogens with two attached hydrogens (primary N) is 1. The molecule has 2 heterocycles. The molecule has 0 bridgehead atoms. The molecule has 0 amide bonds. The fraction of sp³-hybridized carbons (Fsp3) is 0.833. The molecular weight excluding hydrogens is 243 g/mol. The number of fused-ring (bicyclic) bond motifs is 1. The predicted octanol–water partition coefficient (Wildman–Crippen LogP) is -2.11. The Kier molecular flexibility index (Phi) is 2.91. The number of rotatable bonds is 3. The van der Waals surface area contributed by atoms with Gasteiger partial charge in [0.25, 0.3) is 6.02 Å². The van der Waals surface area contributed by atoms with Crippen molar-refractivity contribution in [2.75, 3.05) is 6.61 Å². The number of nitrogens with zero attached hydrogens (tertiary/aromatic N) is 1. The number of phosphoric ester groups is 1. The highest BCUT2D eigenvalue weighted by Crippen LogP contribution is 2.38. The van der Waals surface area contributed by atoms with Gasteiger partial charge in [-0.2, -0.15) is 4.99 Å². The number of phosphoric acid groups is 1. The second-order valence-corrected chi connectivity index (χ2v) is 4.63. The maximum Gasteiger partial charge on any atom is 0.469 e. The summed E-state index contributed by atoms with van der Waals surface area (Å²) in [4.78, 5) is 20.7. The van der Waals surface area contributed by atoms with Crippen molar-refractivity contribution in [3.05, 3.63) is 0 Å². The number of amidine groups is 1. The smallest absolute Gasteiger partial charge is 0.454 e. The van der Waals surface area contributed by atoms with Crippen LogP contribution in [0, 0.1) is 0 Å². The number of hydrogen-bond acceptors (Lipinski definition) is 7. The molecule has 0 aliphatic carbocycles. The Morgan fingerprint density at radius 1 is 1.56 bits per heavy atom.